The molecular weight excluding hydrogens is 410 g/mol. The van der Waals surface area contributed by atoms with E-state index >= 15 is 0 Å². The highest BCUT2D eigenvalue weighted by atomic mass is 79.9. The smallest absolute Gasteiger partial charge is 0.340 e. The largest absolute Gasteiger partial charge is 0.462 e. The molecule has 0 radical (unpaired) electrons. The summed E-state index contributed by atoms with van der Waals surface area (Å²) in [7, 11) is 0. The molecule has 2 aromatic carbocycles. The van der Waals surface area contributed by atoms with E-state index in [1.807, 2.05) is 30.3 Å². The number of benzene rings is 2. The molecule has 6 nitrogen and oxygen atoms in total. The number of halogens is 1. The van der Waals surface area contributed by atoms with Gasteiger partial charge in [0.1, 0.15) is 11.6 Å². The third kappa shape index (κ3) is 5.97. The van der Waals surface area contributed by atoms with Gasteiger partial charge >= 0.3 is 5.97 Å². The molecule has 0 heterocycles. The molecule has 0 atom stereocenters. The monoisotopic (exact) mass is 427 g/mol. The fourth-order valence-electron chi connectivity index (χ4n) is 2.24. The SMILES string of the molecule is CCOC(=O)c1ccccc1NC(=O)/C(C#N)=C\NCc1cccc(Br)c1. The maximum absolute atomic E-state index is 12.4. The van der Waals surface area contributed by atoms with Gasteiger partial charge in [-0.2, -0.15) is 5.26 Å². The third-order valence-electron chi connectivity index (χ3n) is 3.48. The Balaban J connectivity index is 2.07. The zero-order valence-corrected chi connectivity index (χ0v) is 16.2. The van der Waals surface area contributed by atoms with Crippen LogP contribution in [-0.2, 0) is 16.1 Å². The molecule has 0 spiro atoms. The van der Waals surface area contributed by atoms with E-state index in [9.17, 15) is 14.9 Å². The Kier molecular flexibility index (Phi) is 7.59. The van der Waals surface area contributed by atoms with Gasteiger partial charge in [-0.25, -0.2) is 4.79 Å². The maximum atomic E-state index is 12.4. The fourth-order valence-corrected chi connectivity index (χ4v) is 2.68. The Morgan fingerprint density at radius 3 is 2.70 bits per heavy atom. The van der Waals surface area contributed by atoms with Gasteiger partial charge in [-0.3, -0.25) is 4.79 Å². The summed E-state index contributed by atoms with van der Waals surface area (Å²) in [6, 6.07) is 16.0. The van der Waals surface area contributed by atoms with E-state index in [4.69, 9.17) is 4.74 Å². The Morgan fingerprint density at radius 2 is 2.00 bits per heavy atom. The van der Waals surface area contributed by atoms with Gasteiger partial charge in [0.25, 0.3) is 5.91 Å². The minimum absolute atomic E-state index is 0.108. The number of anilines is 1. The van der Waals surface area contributed by atoms with Gasteiger partial charge in [0.2, 0.25) is 0 Å². The maximum Gasteiger partial charge on any atom is 0.340 e. The molecule has 138 valence electrons. The van der Waals surface area contributed by atoms with Crippen molar-refractivity contribution in [2.75, 3.05) is 11.9 Å². The fraction of sp³-hybridized carbons (Fsp3) is 0.150. The standard InChI is InChI=1S/C20H18BrN3O3/c1-2-27-20(26)17-8-3-4-9-18(17)24-19(25)15(11-22)13-23-12-14-6-5-7-16(21)10-14/h3-10,13,23H,2,12H2,1H3,(H,24,25)/b15-13-. The first kappa shape index (κ1) is 20.2. The molecule has 2 aromatic rings. The van der Waals surface area contributed by atoms with Crippen LogP contribution >= 0.6 is 15.9 Å². The van der Waals surface area contributed by atoms with Gasteiger partial charge in [-0.05, 0) is 36.8 Å². The summed E-state index contributed by atoms with van der Waals surface area (Å²) in [4.78, 5) is 24.3. The van der Waals surface area contributed by atoms with Crippen LogP contribution in [0.1, 0.15) is 22.8 Å². The summed E-state index contributed by atoms with van der Waals surface area (Å²) in [6.45, 7) is 2.38. The summed E-state index contributed by atoms with van der Waals surface area (Å²) in [6.07, 6.45) is 1.35. The van der Waals surface area contributed by atoms with Crippen LogP contribution in [0.3, 0.4) is 0 Å². The van der Waals surface area contributed by atoms with Crippen LogP contribution in [0.5, 0.6) is 0 Å². The molecule has 0 fully saturated rings. The number of rotatable bonds is 7. The summed E-state index contributed by atoms with van der Waals surface area (Å²) >= 11 is 3.39. The van der Waals surface area contributed by atoms with Gasteiger partial charge in [-0.15, -0.1) is 0 Å². The van der Waals surface area contributed by atoms with Crippen molar-refractivity contribution in [3.8, 4) is 6.07 Å². The predicted octanol–water partition coefficient (Wildman–Crippen LogP) is 3.76. The van der Waals surface area contributed by atoms with E-state index in [1.165, 1.54) is 6.20 Å². The molecule has 2 N–H and O–H groups in total. The van der Waals surface area contributed by atoms with Crippen LogP contribution in [0.25, 0.3) is 0 Å². The average Bonchev–Trinajstić information content (AvgIpc) is 2.66. The molecule has 0 saturated heterocycles. The van der Waals surface area contributed by atoms with E-state index in [2.05, 4.69) is 26.6 Å². The minimum atomic E-state index is -0.615. The highest BCUT2D eigenvalue weighted by Crippen LogP contribution is 2.17. The topological polar surface area (TPSA) is 91.2 Å². The van der Waals surface area contributed by atoms with E-state index in [1.54, 1.807) is 31.2 Å². The van der Waals surface area contributed by atoms with Crippen molar-refractivity contribution < 1.29 is 14.3 Å². The van der Waals surface area contributed by atoms with Gasteiger partial charge in [0.15, 0.2) is 0 Å². The van der Waals surface area contributed by atoms with Crippen molar-refractivity contribution in [2.45, 2.75) is 13.5 Å². The van der Waals surface area contributed by atoms with Crippen LogP contribution in [0.2, 0.25) is 0 Å². The quantitative estimate of drug-likeness (QED) is 0.398. The molecule has 0 aliphatic rings. The van der Waals surface area contributed by atoms with Crippen LogP contribution in [-0.4, -0.2) is 18.5 Å². The first-order valence-corrected chi connectivity index (χ1v) is 9.00. The van der Waals surface area contributed by atoms with E-state index in [-0.39, 0.29) is 23.4 Å². The van der Waals surface area contributed by atoms with Crippen LogP contribution < -0.4 is 10.6 Å². The van der Waals surface area contributed by atoms with E-state index in [0.29, 0.717) is 6.54 Å². The second-order valence-corrected chi connectivity index (χ2v) is 6.32. The lowest BCUT2D eigenvalue weighted by molar-refractivity contribution is -0.112. The van der Waals surface area contributed by atoms with Crippen LogP contribution in [0.4, 0.5) is 5.69 Å². The van der Waals surface area contributed by atoms with E-state index < -0.39 is 11.9 Å². The van der Waals surface area contributed by atoms with Crippen molar-refractivity contribution in [3.05, 3.63) is 75.9 Å². The second-order valence-electron chi connectivity index (χ2n) is 5.40. The van der Waals surface area contributed by atoms with Gasteiger partial charge in [-0.1, -0.05) is 40.2 Å². The van der Waals surface area contributed by atoms with Crippen LogP contribution in [0.15, 0.2) is 64.8 Å². The van der Waals surface area contributed by atoms with Gasteiger partial charge in [0, 0.05) is 17.2 Å². The molecule has 0 saturated carbocycles. The molecule has 0 aliphatic heterocycles. The minimum Gasteiger partial charge on any atom is -0.462 e. The van der Waals surface area contributed by atoms with Crippen LogP contribution in [0, 0.1) is 11.3 Å². The first-order chi connectivity index (χ1) is 13.0. The molecule has 1 amide bonds. The number of carbonyl (C=O) groups is 2. The Hall–Kier alpha value is -3.11. The molecule has 27 heavy (non-hydrogen) atoms. The number of ether oxygens (including phenoxy) is 1. The number of esters is 1. The number of nitriles is 1. The lowest BCUT2D eigenvalue weighted by atomic mass is 10.1. The number of hydrogen-bond donors (Lipinski definition) is 2. The average molecular weight is 428 g/mol. The molecule has 0 aliphatic carbocycles. The number of amides is 1. The Bertz CT molecular complexity index is 903. The Labute approximate surface area is 166 Å². The zero-order valence-electron chi connectivity index (χ0n) is 14.7. The second kappa shape index (κ2) is 10.1. The number of para-hydroxylation sites is 1. The van der Waals surface area contributed by atoms with E-state index in [0.717, 1.165) is 10.0 Å². The molecular formula is C20H18BrN3O3. The molecule has 0 unspecified atom stereocenters. The summed E-state index contributed by atoms with van der Waals surface area (Å²) in [5.74, 6) is -1.15. The Morgan fingerprint density at radius 1 is 1.22 bits per heavy atom. The molecule has 2 rings (SSSR count). The number of carbonyl (C=O) groups excluding carboxylic acids is 2. The van der Waals surface area contributed by atoms with Crippen molar-refractivity contribution >= 4 is 33.5 Å². The summed E-state index contributed by atoms with van der Waals surface area (Å²) < 4.78 is 5.92. The number of hydrogen-bond acceptors (Lipinski definition) is 5. The summed E-state index contributed by atoms with van der Waals surface area (Å²) in [5.41, 5.74) is 1.40. The van der Waals surface area contributed by atoms with Crippen molar-refractivity contribution in [2.24, 2.45) is 0 Å². The van der Waals surface area contributed by atoms with Crippen molar-refractivity contribution in [3.63, 3.8) is 0 Å². The van der Waals surface area contributed by atoms with Gasteiger partial charge in [0.05, 0.1) is 17.9 Å². The summed E-state index contributed by atoms with van der Waals surface area (Å²) in [5, 5.41) is 14.8. The highest BCUT2D eigenvalue weighted by Gasteiger charge is 2.16. The lowest BCUT2D eigenvalue weighted by Gasteiger charge is -2.10. The molecule has 0 aromatic heterocycles. The highest BCUT2D eigenvalue weighted by molar-refractivity contribution is 9.10. The predicted molar refractivity (Wildman–Crippen MR) is 106 cm³/mol. The number of nitrogens with zero attached hydrogens (tertiary/aromatic N) is 1. The zero-order chi connectivity index (χ0) is 19.6. The molecule has 0 bridgehead atoms. The lowest BCUT2D eigenvalue weighted by Crippen LogP contribution is -2.19. The normalized spacial score (nSPS) is 10.6. The van der Waals surface area contributed by atoms with Crippen molar-refractivity contribution in [1.29, 1.82) is 5.26 Å². The van der Waals surface area contributed by atoms with Crippen molar-refractivity contribution in [1.82, 2.24) is 5.32 Å². The van der Waals surface area contributed by atoms with Gasteiger partial charge < -0.3 is 15.4 Å². The number of nitrogens with one attached hydrogen (secondary N) is 2. The third-order valence-corrected chi connectivity index (χ3v) is 3.97. The molecule has 7 heteroatoms. The first-order valence-electron chi connectivity index (χ1n) is 8.20.